The number of ether oxygens (including phenoxy) is 1. The van der Waals surface area contributed by atoms with Crippen LogP contribution in [0, 0.1) is 0 Å². The highest BCUT2D eigenvalue weighted by Gasteiger charge is 2.09. The van der Waals surface area contributed by atoms with E-state index in [-0.39, 0.29) is 12.2 Å². The van der Waals surface area contributed by atoms with Crippen molar-refractivity contribution in [1.29, 1.82) is 0 Å². The van der Waals surface area contributed by atoms with Gasteiger partial charge in [-0.05, 0) is 13.3 Å². The molecule has 64 valence electrons. The summed E-state index contributed by atoms with van der Waals surface area (Å²) in [6, 6.07) is 0. The Morgan fingerprint density at radius 3 is 2.73 bits per heavy atom. The van der Waals surface area contributed by atoms with Gasteiger partial charge >= 0.3 is 6.09 Å². The van der Waals surface area contributed by atoms with Crippen molar-refractivity contribution in [2.24, 2.45) is 0 Å². The van der Waals surface area contributed by atoms with Crippen molar-refractivity contribution in [3.05, 3.63) is 12.8 Å². The first-order chi connectivity index (χ1) is 5.11. The third-order valence-electron chi connectivity index (χ3n) is 1.44. The minimum atomic E-state index is -0.352. The highest BCUT2D eigenvalue weighted by Crippen LogP contribution is 1.99. The third kappa shape index (κ3) is 3.65. The number of carbonyl (C=O) groups excluding carboxylic acids is 1. The van der Waals surface area contributed by atoms with Gasteiger partial charge in [0.25, 0.3) is 0 Å². The molecule has 11 heavy (non-hydrogen) atoms. The summed E-state index contributed by atoms with van der Waals surface area (Å²) in [4.78, 5) is 12.3. The SMILES string of the molecule is C=CN(C)C(=O)OC(C)CC. The maximum Gasteiger partial charge on any atom is 0.413 e. The summed E-state index contributed by atoms with van der Waals surface area (Å²) in [5.41, 5.74) is 0. The second-order valence-electron chi connectivity index (χ2n) is 2.40. The number of carbonyl (C=O) groups is 1. The summed E-state index contributed by atoms with van der Waals surface area (Å²) in [7, 11) is 1.61. The van der Waals surface area contributed by atoms with Gasteiger partial charge < -0.3 is 4.74 Å². The van der Waals surface area contributed by atoms with Gasteiger partial charge in [0.1, 0.15) is 6.10 Å². The Balaban J connectivity index is 3.77. The first-order valence-corrected chi connectivity index (χ1v) is 3.67. The van der Waals surface area contributed by atoms with Crippen molar-refractivity contribution in [1.82, 2.24) is 4.90 Å². The topological polar surface area (TPSA) is 29.5 Å². The van der Waals surface area contributed by atoms with Gasteiger partial charge in [-0.3, -0.25) is 4.90 Å². The van der Waals surface area contributed by atoms with Crippen LogP contribution in [0.2, 0.25) is 0 Å². The van der Waals surface area contributed by atoms with Crippen LogP contribution in [-0.4, -0.2) is 24.1 Å². The van der Waals surface area contributed by atoms with Gasteiger partial charge in [-0.25, -0.2) is 4.79 Å². The highest BCUT2D eigenvalue weighted by atomic mass is 16.6. The normalized spacial score (nSPS) is 11.9. The molecular weight excluding hydrogens is 142 g/mol. The van der Waals surface area contributed by atoms with E-state index in [1.54, 1.807) is 7.05 Å². The molecule has 1 amide bonds. The number of rotatable bonds is 3. The molecule has 0 N–H and O–H groups in total. The molecule has 0 aliphatic rings. The molecule has 0 rings (SSSR count). The van der Waals surface area contributed by atoms with Crippen LogP contribution in [0.25, 0.3) is 0 Å². The lowest BCUT2D eigenvalue weighted by Crippen LogP contribution is -2.25. The summed E-state index contributed by atoms with van der Waals surface area (Å²) < 4.78 is 4.97. The van der Waals surface area contributed by atoms with E-state index in [4.69, 9.17) is 4.74 Å². The standard InChI is InChI=1S/C8H15NO2/c1-5-7(3)11-8(10)9(4)6-2/h6-7H,2,5H2,1,3-4H3. The lowest BCUT2D eigenvalue weighted by atomic mass is 10.3. The number of hydrogen-bond donors (Lipinski definition) is 0. The molecule has 0 aliphatic carbocycles. The van der Waals surface area contributed by atoms with E-state index in [0.29, 0.717) is 0 Å². The third-order valence-corrected chi connectivity index (χ3v) is 1.44. The van der Waals surface area contributed by atoms with Crippen LogP contribution in [0.15, 0.2) is 12.8 Å². The molecule has 0 aliphatic heterocycles. The number of amides is 1. The van der Waals surface area contributed by atoms with E-state index in [9.17, 15) is 4.79 Å². The quantitative estimate of drug-likeness (QED) is 0.627. The molecule has 0 spiro atoms. The fourth-order valence-electron chi connectivity index (χ4n) is 0.413. The summed E-state index contributed by atoms with van der Waals surface area (Å²) >= 11 is 0. The molecule has 0 aromatic heterocycles. The summed E-state index contributed by atoms with van der Waals surface area (Å²) in [6.07, 6.45) is 1.88. The lowest BCUT2D eigenvalue weighted by Gasteiger charge is -2.15. The van der Waals surface area contributed by atoms with Gasteiger partial charge in [-0.15, -0.1) is 0 Å². The molecule has 0 saturated heterocycles. The number of hydrogen-bond acceptors (Lipinski definition) is 2. The molecular formula is C8H15NO2. The van der Waals surface area contributed by atoms with Crippen LogP contribution in [-0.2, 0) is 4.74 Å². The number of nitrogens with zero attached hydrogens (tertiary/aromatic N) is 1. The van der Waals surface area contributed by atoms with Gasteiger partial charge in [-0.2, -0.15) is 0 Å². The Morgan fingerprint density at radius 1 is 1.82 bits per heavy atom. The largest absolute Gasteiger partial charge is 0.446 e. The molecule has 1 unspecified atom stereocenters. The van der Waals surface area contributed by atoms with Crippen LogP contribution < -0.4 is 0 Å². The zero-order chi connectivity index (χ0) is 8.85. The van der Waals surface area contributed by atoms with Crippen molar-refractivity contribution in [3.63, 3.8) is 0 Å². The van der Waals surface area contributed by atoms with Gasteiger partial charge in [0.15, 0.2) is 0 Å². The smallest absolute Gasteiger partial charge is 0.413 e. The average Bonchev–Trinajstić information content (AvgIpc) is 2.02. The average molecular weight is 157 g/mol. The van der Waals surface area contributed by atoms with Crippen molar-refractivity contribution in [3.8, 4) is 0 Å². The molecule has 0 heterocycles. The Morgan fingerprint density at radius 2 is 2.36 bits per heavy atom. The predicted octanol–water partition coefficient (Wildman–Crippen LogP) is 2.00. The first kappa shape index (κ1) is 10.0. The maximum absolute atomic E-state index is 11.0. The van der Waals surface area contributed by atoms with E-state index in [2.05, 4.69) is 6.58 Å². The highest BCUT2D eigenvalue weighted by molar-refractivity contribution is 5.68. The Kier molecular flexibility index (Phi) is 4.34. The van der Waals surface area contributed by atoms with Gasteiger partial charge in [0.2, 0.25) is 0 Å². The van der Waals surface area contributed by atoms with Crippen molar-refractivity contribution < 1.29 is 9.53 Å². The second-order valence-corrected chi connectivity index (χ2v) is 2.40. The molecule has 3 heteroatoms. The summed E-state index contributed by atoms with van der Waals surface area (Å²) in [6.45, 7) is 7.26. The van der Waals surface area contributed by atoms with Gasteiger partial charge in [0.05, 0.1) is 0 Å². The van der Waals surface area contributed by atoms with Crippen LogP contribution in [0.1, 0.15) is 20.3 Å². The molecule has 3 nitrogen and oxygen atoms in total. The monoisotopic (exact) mass is 157 g/mol. The molecule has 0 fully saturated rings. The maximum atomic E-state index is 11.0. The summed E-state index contributed by atoms with van der Waals surface area (Å²) in [5.74, 6) is 0. The van der Waals surface area contributed by atoms with E-state index in [1.165, 1.54) is 11.1 Å². The van der Waals surface area contributed by atoms with Crippen LogP contribution in [0.3, 0.4) is 0 Å². The fourth-order valence-corrected chi connectivity index (χ4v) is 0.413. The molecule has 0 aromatic carbocycles. The van der Waals surface area contributed by atoms with E-state index in [1.807, 2.05) is 13.8 Å². The van der Waals surface area contributed by atoms with Gasteiger partial charge in [-0.1, -0.05) is 13.5 Å². The molecule has 0 aromatic rings. The molecule has 0 saturated carbocycles. The van der Waals surface area contributed by atoms with Crippen LogP contribution in [0.4, 0.5) is 4.79 Å². The Hall–Kier alpha value is -0.990. The van der Waals surface area contributed by atoms with E-state index >= 15 is 0 Å². The molecule has 0 radical (unpaired) electrons. The van der Waals surface area contributed by atoms with Crippen LogP contribution in [0.5, 0.6) is 0 Å². The van der Waals surface area contributed by atoms with Gasteiger partial charge in [0, 0.05) is 13.2 Å². The van der Waals surface area contributed by atoms with E-state index in [0.717, 1.165) is 6.42 Å². The van der Waals surface area contributed by atoms with Crippen molar-refractivity contribution in [2.75, 3.05) is 7.05 Å². The fraction of sp³-hybridized carbons (Fsp3) is 0.625. The lowest BCUT2D eigenvalue weighted by molar-refractivity contribution is 0.0852. The van der Waals surface area contributed by atoms with Crippen molar-refractivity contribution in [2.45, 2.75) is 26.4 Å². The van der Waals surface area contributed by atoms with Crippen molar-refractivity contribution >= 4 is 6.09 Å². The first-order valence-electron chi connectivity index (χ1n) is 3.67. The second kappa shape index (κ2) is 4.77. The summed E-state index contributed by atoms with van der Waals surface area (Å²) in [5, 5.41) is 0. The minimum absolute atomic E-state index is 0.0232. The predicted molar refractivity (Wildman–Crippen MR) is 44.2 cm³/mol. The molecule has 0 bridgehead atoms. The molecule has 1 atom stereocenters. The zero-order valence-electron chi connectivity index (χ0n) is 7.33. The zero-order valence-corrected chi connectivity index (χ0v) is 7.33. The minimum Gasteiger partial charge on any atom is -0.446 e. The Bertz CT molecular complexity index is 145. The van der Waals surface area contributed by atoms with Crippen LogP contribution >= 0.6 is 0 Å². The van der Waals surface area contributed by atoms with E-state index < -0.39 is 0 Å². The Labute approximate surface area is 67.6 Å².